The van der Waals surface area contributed by atoms with Crippen molar-refractivity contribution in [3.63, 3.8) is 0 Å². The van der Waals surface area contributed by atoms with Gasteiger partial charge in [0.25, 0.3) is 0 Å². The fourth-order valence-electron chi connectivity index (χ4n) is 6.24. The monoisotopic (exact) mass is 595 g/mol. The second-order valence-electron chi connectivity index (χ2n) is 11.1. The molecule has 0 spiro atoms. The molecule has 0 saturated carbocycles. The van der Waals surface area contributed by atoms with Crippen LogP contribution in [0.5, 0.6) is 0 Å². The van der Waals surface area contributed by atoms with Crippen LogP contribution in [0.25, 0.3) is 65.7 Å². The van der Waals surface area contributed by atoms with Gasteiger partial charge in [-0.1, -0.05) is 133 Å². The predicted octanol–water partition coefficient (Wildman–Crippen LogP) is 12.7. The third-order valence-corrected chi connectivity index (χ3v) is 8.40. The SMILES string of the molecule is [2H]c1c([2H])c(N(c2c([2H])c([2H])c(-c3cccc4ccccc34)c([2H])c2[2H])c2cccc3oc4c5ccccc5ccc4c23)c([2H])c([2H])c1-c1ccccc1. The third kappa shape index (κ3) is 4.35. The molecular weight excluding hydrogens is 558 g/mol. The highest BCUT2D eigenvalue weighted by Crippen LogP contribution is 2.45. The minimum Gasteiger partial charge on any atom is -0.455 e. The van der Waals surface area contributed by atoms with Crippen LogP contribution in [0, 0.1) is 0 Å². The molecule has 0 aliphatic heterocycles. The predicted molar refractivity (Wildman–Crippen MR) is 194 cm³/mol. The summed E-state index contributed by atoms with van der Waals surface area (Å²) < 4.78 is 81.6. The van der Waals surface area contributed by atoms with Gasteiger partial charge >= 0.3 is 0 Å². The Balaban J connectivity index is 1.40. The van der Waals surface area contributed by atoms with Gasteiger partial charge in [-0.2, -0.15) is 0 Å². The highest BCUT2D eigenvalue weighted by atomic mass is 16.3. The summed E-state index contributed by atoms with van der Waals surface area (Å²) in [5.74, 6) is 0. The van der Waals surface area contributed by atoms with E-state index in [1.807, 2.05) is 72.8 Å². The Kier molecular flexibility index (Phi) is 4.53. The van der Waals surface area contributed by atoms with Crippen molar-refractivity contribution in [2.24, 2.45) is 0 Å². The number of fused-ring (bicyclic) bond motifs is 6. The molecule has 0 atom stereocenters. The average Bonchev–Trinajstić information content (AvgIpc) is 3.59. The molecule has 0 fully saturated rings. The molecule has 0 N–H and O–H groups in total. The van der Waals surface area contributed by atoms with Gasteiger partial charge in [0.15, 0.2) is 0 Å². The van der Waals surface area contributed by atoms with Crippen LogP contribution >= 0.6 is 0 Å². The first kappa shape index (κ1) is 19.3. The van der Waals surface area contributed by atoms with E-state index in [2.05, 4.69) is 0 Å². The van der Waals surface area contributed by atoms with E-state index in [4.69, 9.17) is 4.42 Å². The Morgan fingerprint density at radius 2 is 1.04 bits per heavy atom. The standard InChI is InChI=1S/C44H29NO/c1-2-10-30(11-3-1)31-20-25-35(26-21-31)45(36-27-22-34(23-28-36)38-17-8-14-32-12-4-6-15-37(32)38)41-18-9-19-42-43(41)40-29-24-33-13-5-7-16-39(33)44(40)46-42/h1-29H/i20D,21D,22D,23D,25D,26D,27D,28D. The Hall–Kier alpha value is -6.12. The third-order valence-electron chi connectivity index (χ3n) is 8.40. The Morgan fingerprint density at radius 3 is 1.80 bits per heavy atom. The van der Waals surface area contributed by atoms with Crippen LogP contribution in [-0.4, -0.2) is 0 Å². The van der Waals surface area contributed by atoms with Gasteiger partial charge in [0.2, 0.25) is 0 Å². The Labute approximate surface area is 278 Å². The number of furan rings is 1. The fourth-order valence-corrected chi connectivity index (χ4v) is 6.24. The zero-order valence-corrected chi connectivity index (χ0v) is 24.5. The van der Waals surface area contributed by atoms with Crippen molar-refractivity contribution in [2.45, 2.75) is 0 Å². The Bertz CT molecular complexity index is 2930. The lowest BCUT2D eigenvalue weighted by Crippen LogP contribution is -2.10. The van der Waals surface area contributed by atoms with Gasteiger partial charge < -0.3 is 9.32 Å². The van der Waals surface area contributed by atoms with Crippen molar-refractivity contribution in [2.75, 3.05) is 4.90 Å². The number of hydrogen-bond donors (Lipinski definition) is 0. The normalized spacial score (nSPS) is 13.9. The number of hydrogen-bond acceptors (Lipinski definition) is 2. The number of benzene rings is 8. The van der Waals surface area contributed by atoms with Crippen molar-refractivity contribution in [3.8, 4) is 22.3 Å². The average molecular weight is 596 g/mol. The van der Waals surface area contributed by atoms with Gasteiger partial charge in [0.1, 0.15) is 11.2 Å². The van der Waals surface area contributed by atoms with E-state index >= 15 is 0 Å². The van der Waals surface area contributed by atoms with E-state index < -0.39 is 24.2 Å². The van der Waals surface area contributed by atoms with Gasteiger partial charge in [0.05, 0.1) is 22.0 Å². The highest BCUT2D eigenvalue weighted by Gasteiger charge is 2.20. The maximum atomic E-state index is 9.55. The van der Waals surface area contributed by atoms with E-state index in [-0.39, 0.29) is 46.7 Å². The van der Waals surface area contributed by atoms with Crippen LogP contribution in [0.4, 0.5) is 17.1 Å². The summed E-state index contributed by atoms with van der Waals surface area (Å²) in [5, 5.41) is 4.72. The van der Waals surface area contributed by atoms with Gasteiger partial charge in [-0.25, -0.2) is 0 Å². The first-order valence-corrected chi connectivity index (χ1v) is 15.0. The molecule has 46 heavy (non-hydrogen) atoms. The van der Waals surface area contributed by atoms with E-state index in [9.17, 15) is 11.0 Å². The van der Waals surface area contributed by atoms with Crippen LogP contribution in [0.3, 0.4) is 0 Å². The first-order chi connectivity index (χ1) is 26.2. The lowest BCUT2D eigenvalue weighted by Gasteiger charge is -2.26. The van der Waals surface area contributed by atoms with Crippen LogP contribution in [0.2, 0.25) is 0 Å². The van der Waals surface area contributed by atoms with Crippen LogP contribution in [0.15, 0.2) is 180 Å². The summed E-state index contributed by atoms with van der Waals surface area (Å²) >= 11 is 0. The molecule has 1 heterocycles. The van der Waals surface area contributed by atoms with Crippen LogP contribution < -0.4 is 4.90 Å². The summed E-state index contributed by atoms with van der Waals surface area (Å²) in [7, 11) is 0. The lowest BCUT2D eigenvalue weighted by atomic mass is 9.98. The largest absolute Gasteiger partial charge is 0.455 e. The number of anilines is 3. The summed E-state index contributed by atoms with van der Waals surface area (Å²) in [6.07, 6.45) is 0. The van der Waals surface area contributed by atoms with Gasteiger partial charge in [0, 0.05) is 22.1 Å². The van der Waals surface area contributed by atoms with Crippen molar-refractivity contribution in [3.05, 3.63) is 176 Å². The molecular formula is C44H29NO. The second-order valence-corrected chi connectivity index (χ2v) is 11.1. The summed E-state index contributed by atoms with van der Waals surface area (Å²) in [6, 6.07) is 35.9. The fraction of sp³-hybridized carbons (Fsp3) is 0. The summed E-state index contributed by atoms with van der Waals surface area (Å²) in [6.45, 7) is 0. The molecule has 216 valence electrons. The molecule has 8 aromatic carbocycles. The smallest absolute Gasteiger partial charge is 0.143 e. The number of rotatable bonds is 5. The van der Waals surface area contributed by atoms with Crippen molar-refractivity contribution in [1.29, 1.82) is 0 Å². The lowest BCUT2D eigenvalue weighted by molar-refractivity contribution is 0.672. The first-order valence-electron chi connectivity index (χ1n) is 19.0. The van der Waals surface area contributed by atoms with Crippen molar-refractivity contribution < 1.29 is 15.4 Å². The van der Waals surface area contributed by atoms with E-state index in [1.54, 1.807) is 54.6 Å². The zero-order chi connectivity index (χ0) is 37.4. The maximum absolute atomic E-state index is 9.55. The Morgan fingerprint density at radius 1 is 0.435 bits per heavy atom. The van der Waals surface area contributed by atoms with Gasteiger partial charge in [-0.05, 0) is 80.8 Å². The molecule has 0 unspecified atom stereocenters. The van der Waals surface area contributed by atoms with E-state index in [0.29, 0.717) is 38.8 Å². The van der Waals surface area contributed by atoms with Crippen molar-refractivity contribution >= 4 is 60.5 Å². The van der Waals surface area contributed by atoms with E-state index in [0.717, 1.165) is 21.5 Å². The molecule has 1 aromatic heterocycles. The minimum absolute atomic E-state index is 0.110. The minimum atomic E-state index is -0.404. The molecule has 0 amide bonds. The molecule has 0 saturated heterocycles. The summed E-state index contributed by atoms with van der Waals surface area (Å²) in [4.78, 5) is 1.36. The quantitative estimate of drug-likeness (QED) is 0.197. The molecule has 9 rings (SSSR count). The van der Waals surface area contributed by atoms with Gasteiger partial charge in [-0.3, -0.25) is 0 Å². The maximum Gasteiger partial charge on any atom is 0.143 e. The molecule has 0 aliphatic carbocycles. The van der Waals surface area contributed by atoms with Crippen LogP contribution in [-0.2, 0) is 0 Å². The molecule has 9 aromatic rings. The van der Waals surface area contributed by atoms with Crippen molar-refractivity contribution in [1.82, 2.24) is 0 Å². The molecule has 2 heteroatoms. The summed E-state index contributed by atoms with van der Waals surface area (Å²) in [5.41, 5.74) is 2.20. The van der Waals surface area contributed by atoms with E-state index in [1.165, 1.54) is 4.90 Å². The highest BCUT2D eigenvalue weighted by molar-refractivity contribution is 6.19. The van der Waals surface area contributed by atoms with Crippen LogP contribution in [0.1, 0.15) is 11.0 Å². The second kappa shape index (κ2) is 10.8. The van der Waals surface area contributed by atoms with Gasteiger partial charge in [-0.15, -0.1) is 0 Å². The topological polar surface area (TPSA) is 16.4 Å². The molecule has 0 bridgehead atoms. The zero-order valence-electron chi connectivity index (χ0n) is 32.5. The number of nitrogens with zero attached hydrogens (tertiary/aromatic N) is 1. The molecule has 0 radical (unpaired) electrons. The molecule has 2 nitrogen and oxygen atoms in total. The molecule has 0 aliphatic rings.